The number of likely N-dealkylation sites (N-methyl/N-ethyl adjacent to an activating group) is 6. The molecule has 2 heterocycles. The average Bonchev–Trinajstić information content (AvgIpc) is 3.49. The van der Waals surface area contributed by atoms with Gasteiger partial charge in [0.25, 0.3) is 5.91 Å². The summed E-state index contributed by atoms with van der Waals surface area (Å²) < 4.78 is 11.4. The predicted octanol–water partition coefficient (Wildman–Crippen LogP) is 3.58. The van der Waals surface area contributed by atoms with E-state index in [9.17, 15) is 38.4 Å². The smallest absolute Gasteiger partial charge is 0.270 e. The predicted molar refractivity (Wildman–Crippen MR) is 338 cm³/mol. The molecule has 11 amide bonds. The van der Waals surface area contributed by atoms with E-state index in [1.54, 1.807) is 48.5 Å². The number of rotatable bonds is 16. The normalized spacial score (nSPS) is 28.2. The summed E-state index contributed by atoms with van der Waals surface area (Å²) in [6.07, 6.45) is 2.70. The average molecular weight is 1260 g/mol. The van der Waals surface area contributed by atoms with Gasteiger partial charge in [0.2, 0.25) is 59.1 Å². The summed E-state index contributed by atoms with van der Waals surface area (Å²) in [6, 6.07) is -13.8. The lowest BCUT2D eigenvalue weighted by atomic mass is 9.81. The molecule has 2 aliphatic heterocycles. The van der Waals surface area contributed by atoms with Gasteiger partial charge in [0.15, 0.2) is 12.3 Å². The van der Waals surface area contributed by atoms with Gasteiger partial charge in [0.05, 0.1) is 0 Å². The third-order valence-corrected chi connectivity index (χ3v) is 17.4. The van der Waals surface area contributed by atoms with Crippen molar-refractivity contribution in [3.05, 3.63) is 12.2 Å². The van der Waals surface area contributed by atoms with Gasteiger partial charge in [-0.05, 0) is 95.3 Å². The zero-order chi connectivity index (χ0) is 68.8. The molecule has 0 unspecified atom stereocenters. The number of allylic oxidation sites excluding steroid dienone is 2. The number of hydroxylamine groups is 2. The number of carbonyl (C=O) groups is 11. The molecule has 0 aromatic rings. The van der Waals surface area contributed by atoms with Crippen LogP contribution in [-0.2, 0) is 67.1 Å². The molecule has 0 spiro atoms. The van der Waals surface area contributed by atoms with Gasteiger partial charge in [0, 0.05) is 61.9 Å². The maximum Gasteiger partial charge on any atom is 0.270 e. The van der Waals surface area contributed by atoms with Gasteiger partial charge in [0.1, 0.15) is 66.5 Å². The summed E-state index contributed by atoms with van der Waals surface area (Å²) in [4.78, 5) is 176. The Labute approximate surface area is 531 Å². The van der Waals surface area contributed by atoms with Gasteiger partial charge in [-0.3, -0.25) is 57.6 Å². The Balaban J connectivity index is 3.04. The van der Waals surface area contributed by atoms with E-state index >= 15 is 14.4 Å². The van der Waals surface area contributed by atoms with Gasteiger partial charge in [-0.1, -0.05) is 109 Å². The number of methoxy groups -OCH3 is 2. The first-order valence-corrected chi connectivity index (χ1v) is 31.6. The van der Waals surface area contributed by atoms with Gasteiger partial charge < -0.3 is 60.1 Å². The van der Waals surface area contributed by atoms with Gasteiger partial charge >= 0.3 is 0 Å². The van der Waals surface area contributed by atoms with E-state index in [0.29, 0.717) is 6.42 Å². The summed E-state index contributed by atoms with van der Waals surface area (Å²) in [5.41, 5.74) is -1.37. The molecule has 0 radical (unpaired) electrons. The Morgan fingerprint density at radius 1 is 0.517 bits per heavy atom. The van der Waals surface area contributed by atoms with Crippen molar-refractivity contribution in [3.63, 3.8) is 0 Å². The number of hydrogen-bond acceptors (Lipinski definition) is 14. The van der Waals surface area contributed by atoms with Crippen LogP contribution in [-0.4, -0.2) is 235 Å². The molecule has 89 heavy (non-hydrogen) atoms. The van der Waals surface area contributed by atoms with Crippen LogP contribution in [0.5, 0.6) is 0 Å². The van der Waals surface area contributed by atoms with E-state index in [1.807, 2.05) is 67.5 Å². The molecule has 4 N–H and O–H groups in total. The first-order valence-electron chi connectivity index (χ1n) is 31.6. The lowest BCUT2D eigenvalue weighted by molar-refractivity contribution is -0.321. The summed E-state index contributed by atoms with van der Waals surface area (Å²) >= 11 is 0. The van der Waals surface area contributed by atoms with Gasteiger partial charge in [-0.2, -0.15) is 0 Å². The maximum absolute atomic E-state index is 15.1. The van der Waals surface area contributed by atoms with Gasteiger partial charge in [-0.25, -0.2) is 5.06 Å². The topological polar surface area (TPSA) is 286 Å². The molecule has 0 aromatic heterocycles. The van der Waals surface area contributed by atoms with Crippen molar-refractivity contribution in [3.8, 4) is 0 Å². The first-order chi connectivity index (χ1) is 41.1. The fourth-order valence-electron chi connectivity index (χ4n) is 11.9. The standard InChI is InChI=1S/C64H113N11O14/c1-27-29-30-39(13)50-49-54(78)67-43(28-2)58(82)69(19)42(16)57(81)74(24)51(64(17,18)63(87-25)88-26)55(79)68-47(37(9)10)61(85)70(20)44(31-34(3)4)53(77)65-40(14)52(76)66-41(15)56(80)71(21)45(32-35(5)6)59(83)72(22)46(33-36(7)8)60(84)73(23)48(38(11)12)62(86)75(49)89-50/h27,29,34-51,63H,28,30-33H2,1-26H3,(H,65,77)(H,66,76)(H,67,78)(H,68,79)/b29-27+/t39-,40+,41-,42-,43+,44+,45+,46+,47+,48+,49+,50-,51-/m1/s1. The van der Waals surface area contributed by atoms with E-state index < -0.39 is 161 Å². The zero-order valence-corrected chi connectivity index (χ0v) is 58.5. The van der Waals surface area contributed by atoms with Crippen molar-refractivity contribution in [2.75, 3.05) is 56.5 Å². The molecular formula is C64H113N11O14. The molecule has 25 nitrogen and oxygen atoms in total. The molecule has 0 aromatic carbocycles. The Hall–Kier alpha value is -6.21. The van der Waals surface area contributed by atoms with Crippen molar-refractivity contribution in [1.29, 1.82) is 0 Å². The highest BCUT2D eigenvalue weighted by atomic mass is 16.7. The first kappa shape index (κ1) is 78.9. The molecular weight excluding hydrogens is 1150 g/mol. The minimum absolute atomic E-state index is 0.0382. The quantitative estimate of drug-likeness (QED) is 0.127. The maximum atomic E-state index is 15.1. The monoisotopic (exact) mass is 1260 g/mol. The second-order valence-electron chi connectivity index (χ2n) is 27.1. The van der Waals surface area contributed by atoms with Crippen molar-refractivity contribution in [1.82, 2.24) is 55.7 Å². The van der Waals surface area contributed by atoms with Crippen LogP contribution in [0.3, 0.4) is 0 Å². The second kappa shape index (κ2) is 34.3. The molecule has 0 aliphatic carbocycles. The van der Waals surface area contributed by atoms with Crippen LogP contribution in [0.2, 0.25) is 0 Å². The highest BCUT2D eigenvalue weighted by Gasteiger charge is 2.55. The Morgan fingerprint density at radius 3 is 1.45 bits per heavy atom. The minimum atomic E-state index is -1.45. The summed E-state index contributed by atoms with van der Waals surface area (Å²) in [5.74, 6) is -9.53. The van der Waals surface area contributed by atoms with E-state index in [2.05, 4.69) is 21.3 Å². The van der Waals surface area contributed by atoms with Crippen LogP contribution in [0.1, 0.15) is 157 Å². The van der Waals surface area contributed by atoms with Gasteiger partial charge in [-0.15, -0.1) is 0 Å². The third kappa shape index (κ3) is 19.4. The number of nitrogens with zero attached hydrogens (tertiary/aromatic N) is 7. The Bertz CT molecular complexity index is 2500. The van der Waals surface area contributed by atoms with Crippen LogP contribution in [0, 0.1) is 40.9 Å². The van der Waals surface area contributed by atoms with Crippen LogP contribution in [0.4, 0.5) is 0 Å². The summed E-state index contributed by atoms with van der Waals surface area (Å²) in [5, 5.41) is 12.1. The number of amides is 11. The molecule has 2 fully saturated rings. The van der Waals surface area contributed by atoms with Crippen LogP contribution in [0.15, 0.2) is 12.2 Å². The molecule has 25 heteroatoms. The van der Waals surface area contributed by atoms with Crippen molar-refractivity contribution >= 4 is 65.0 Å². The number of fused-ring (bicyclic) bond motifs is 1. The van der Waals surface area contributed by atoms with Crippen LogP contribution >= 0.6 is 0 Å². The lowest BCUT2D eigenvalue weighted by Crippen LogP contribution is -2.72. The second-order valence-corrected chi connectivity index (χ2v) is 27.1. The number of ether oxygens (including phenoxy) is 2. The summed E-state index contributed by atoms with van der Waals surface area (Å²) in [6.45, 7) is 31.1. The largest absolute Gasteiger partial charge is 0.355 e. The Morgan fingerprint density at radius 2 is 0.989 bits per heavy atom. The lowest BCUT2D eigenvalue weighted by Gasteiger charge is -2.50. The van der Waals surface area contributed by atoms with Crippen LogP contribution < -0.4 is 21.3 Å². The fraction of sp³-hybridized carbons (Fsp3) is 0.797. The molecule has 2 saturated heterocycles. The highest BCUT2D eigenvalue weighted by Crippen LogP contribution is 2.35. The highest BCUT2D eigenvalue weighted by molar-refractivity contribution is 6.00. The molecule has 0 saturated carbocycles. The Kier molecular flexibility index (Phi) is 30.4. The minimum Gasteiger partial charge on any atom is -0.355 e. The van der Waals surface area contributed by atoms with E-state index in [-0.39, 0.29) is 49.4 Å². The SMILES string of the molecule is C/C=C/C[C@@H](C)[C@H]1ON2C(=O)[C@H](C(C)C)N(C)C(=O)[C@H](CC(C)C)N(C)C(=O)[C@H](CC(C)C)N(C)C(=O)[C@@H](C)NC(=O)[C@H](C)NC(=O)[C@H](CC(C)C)N(C)C(=O)[C@H](C(C)C)NC(=O)[C@H](C(C)(C)C(OC)OC)N(C)C(=O)[C@@H](C)N(C)C(=O)[C@H](CC)NC(=O)[C@H]12. The molecule has 13 atom stereocenters. The third-order valence-electron chi connectivity index (χ3n) is 17.4. The van der Waals surface area contributed by atoms with Crippen LogP contribution in [0.25, 0.3) is 0 Å². The number of hydrogen-bond donors (Lipinski definition) is 4. The van der Waals surface area contributed by atoms with Crippen molar-refractivity contribution in [2.45, 2.75) is 236 Å². The molecule has 508 valence electrons. The number of carbonyl (C=O) groups excluding carboxylic acids is 11. The summed E-state index contributed by atoms with van der Waals surface area (Å²) in [7, 11) is 11.3. The molecule has 2 rings (SSSR count). The van der Waals surface area contributed by atoms with Crippen molar-refractivity contribution < 1.29 is 67.1 Å². The zero-order valence-electron chi connectivity index (χ0n) is 58.5. The molecule has 2 aliphatic rings. The van der Waals surface area contributed by atoms with E-state index in [0.717, 1.165) is 14.9 Å². The van der Waals surface area contributed by atoms with Crippen molar-refractivity contribution in [2.24, 2.45) is 40.9 Å². The number of nitrogens with one attached hydrogen (secondary N) is 4. The van der Waals surface area contributed by atoms with E-state index in [1.165, 1.54) is 96.9 Å². The molecule has 0 bridgehead atoms. The van der Waals surface area contributed by atoms with E-state index in [4.69, 9.17) is 14.3 Å². The fourth-order valence-corrected chi connectivity index (χ4v) is 11.9.